The van der Waals surface area contributed by atoms with Crippen LogP contribution in [0.4, 0.5) is 0 Å². The number of halogens is 2. The van der Waals surface area contributed by atoms with Crippen LogP contribution in [0, 0.1) is 5.92 Å². The summed E-state index contributed by atoms with van der Waals surface area (Å²) in [6, 6.07) is 3.41. The van der Waals surface area contributed by atoms with E-state index in [4.69, 9.17) is 32.7 Å². The summed E-state index contributed by atoms with van der Waals surface area (Å²) >= 11 is 11.8. The van der Waals surface area contributed by atoms with Gasteiger partial charge in [-0.15, -0.1) is 0 Å². The molecule has 0 bridgehead atoms. The van der Waals surface area contributed by atoms with Crippen LogP contribution in [0.5, 0.6) is 0 Å². The zero-order valence-corrected chi connectivity index (χ0v) is 11.0. The Morgan fingerprint density at radius 3 is 2.82 bits per heavy atom. The molecule has 0 unspecified atom stereocenters. The number of aromatic nitrogens is 1. The third kappa shape index (κ3) is 4.11. The number of ether oxygens (including phenoxy) is 2. The Morgan fingerprint density at radius 1 is 1.29 bits per heavy atom. The molecule has 1 aliphatic heterocycles. The number of hydrogen-bond donors (Lipinski definition) is 0. The van der Waals surface area contributed by atoms with Crippen LogP contribution in [0.3, 0.4) is 0 Å². The second-order valence-corrected chi connectivity index (χ2v) is 4.93. The summed E-state index contributed by atoms with van der Waals surface area (Å²) < 4.78 is 10.9. The molecule has 0 amide bonds. The first-order valence-electron chi connectivity index (χ1n) is 5.72. The maximum Gasteiger partial charge on any atom is 0.129 e. The predicted octanol–water partition coefficient (Wildman–Crippen LogP) is 3.33. The van der Waals surface area contributed by atoms with Gasteiger partial charge in [-0.25, -0.2) is 4.98 Å². The Kier molecular flexibility index (Phi) is 5.04. The topological polar surface area (TPSA) is 31.4 Å². The molecule has 0 saturated carbocycles. The molecule has 5 heteroatoms. The lowest BCUT2D eigenvalue weighted by Crippen LogP contribution is -2.20. The summed E-state index contributed by atoms with van der Waals surface area (Å²) in [6.45, 7) is 2.82. The van der Waals surface area contributed by atoms with E-state index in [0.717, 1.165) is 32.7 Å². The average Bonchev–Trinajstić information content (AvgIpc) is 2.35. The van der Waals surface area contributed by atoms with Gasteiger partial charge in [0.25, 0.3) is 0 Å². The van der Waals surface area contributed by atoms with Crippen molar-refractivity contribution in [2.75, 3.05) is 19.8 Å². The summed E-state index contributed by atoms with van der Waals surface area (Å²) in [5, 5.41) is 1.04. The zero-order valence-electron chi connectivity index (χ0n) is 9.49. The van der Waals surface area contributed by atoms with Crippen LogP contribution < -0.4 is 0 Å². The van der Waals surface area contributed by atoms with Crippen molar-refractivity contribution in [2.24, 2.45) is 5.92 Å². The highest BCUT2D eigenvalue weighted by molar-refractivity contribution is 6.32. The van der Waals surface area contributed by atoms with Crippen LogP contribution in [0.1, 0.15) is 18.5 Å². The van der Waals surface area contributed by atoms with Crippen LogP contribution in [0.25, 0.3) is 0 Å². The lowest BCUT2D eigenvalue weighted by Gasteiger charge is -2.21. The molecular formula is C12H15Cl2NO2. The lowest BCUT2D eigenvalue weighted by atomic mass is 10.0. The minimum atomic E-state index is 0.413. The molecule has 1 aliphatic rings. The first-order chi connectivity index (χ1) is 8.25. The van der Waals surface area contributed by atoms with E-state index in [-0.39, 0.29) is 0 Å². The smallest absolute Gasteiger partial charge is 0.129 e. The average molecular weight is 276 g/mol. The molecule has 3 nitrogen and oxygen atoms in total. The van der Waals surface area contributed by atoms with Gasteiger partial charge in [-0.2, -0.15) is 0 Å². The number of hydrogen-bond acceptors (Lipinski definition) is 3. The van der Waals surface area contributed by atoms with Crippen molar-refractivity contribution in [1.82, 2.24) is 4.98 Å². The SMILES string of the molecule is Clc1ccc(Cl)c(COCC2CCOCC2)n1. The highest BCUT2D eigenvalue weighted by Gasteiger charge is 2.14. The van der Waals surface area contributed by atoms with Gasteiger partial charge in [0.2, 0.25) is 0 Å². The molecule has 1 saturated heterocycles. The van der Waals surface area contributed by atoms with E-state index in [9.17, 15) is 0 Å². The number of nitrogens with zero attached hydrogens (tertiary/aromatic N) is 1. The molecule has 17 heavy (non-hydrogen) atoms. The quantitative estimate of drug-likeness (QED) is 0.790. The standard InChI is InChI=1S/C12H15Cl2NO2/c13-10-1-2-12(14)15-11(10)8-17-7-9-3-5-16-6-4-9/h1-2,9H,3-8H2. The van der Waals surface area contributed by atoms with Gasteiger partial charge in [0, 0.05) is 13.2 Å². The van der Waals surface area contributed by atoms with Gasteiger partial charge in [0.05, 0.1) is 23.9 Å². The van der Waals surface area contributed by atoms with E-state index >= 15 is 0 Å². The Bertz CT molecular complexity index is 368. The van der Waals surface area contributed by atoms with E-state index in [1.54, 1.807) is 12.1 Å². The molecule has 1 aromatic heterocycles. The molecule has 1 fully saturated rings. The van der Waals surface area contributed by atoms with Gasteiger partial charge in [0.15, 0.2) is 0 Å². The molecule has 1 aromatic rings. The minimum Gasteiger partial charge on any atom is -0.381 e. The second-order valence-electron chi connectivity index (χ2n) is 4.13. The third-order valence-corrected chi connectivity index (χ3v) is 3.37. The van der Waals surface area contributed by atoms with E-state index in [0.29, 0.717) is 28.4 Å². The van der Waals surface area contributed by atoms with Crippen molar-refractivity contribution >= 4 is 23.2 Å². The largest absolute Gasteiger partial charge is 0.381 e. The third-order valence-electron chi connectivity index (χ3n) is 2.82. The van der Waals surface area contributed by atoms with E-state index in [1.165, 1.54) is 0 Å². The monoisotopic (exact) mass is 275 g/mol. The molecule has 0 radical (unpaired) electrons. The summed E-state index contributed by atoms with van der Waals surface area (Å²) in [4.78, 5) is 4.14. The maximum atomic E-state index is 6.00. The normalized spacial score (nSPS) is 17.3. The molecule has 0 aromatic carbocycles. The zero-order chi connectivity index (χ0) is 12.1. The fraction of sp³-hybridized carbons (Fsp3) is 0.583. The van der Waals surface area contributed by atoms with Crippen molar-refractivity contribution in [2.45, 2.75) is 19.4 Å². The lowest BCUT2D eigenvalue weighted by molar-refractivity contribution is 0.0150. The first-order valence-corrected chi connectivity index (χ1v) is 6.47. The first kappa shape index (κ1) is 13.1. The molecule has 94 valence electrons. The molecule has 0 spiro atoms. The Labute approximate surface area is 111 Å². The van der Waals surface area contributed by atoms with Gasteiger partial charge in [-0.1, -0.05) is 23.2 Å². The van der Waals surface area contributed by atoms with Gasteiger partial charge in [-0.05, 0) is 30.9 Å². The van der Waals surface area contributed by atoms with E-state index in [2.05, 4.69) is 4.98 Å². The summed E-state index contributed by atoms with van der Waals surface area (Å²) in [6.07, 6.45) is 2.13. The van der Waals surface area contributed by atoms with E-state index < -0.39 is 0 Å². The molecular weight excluding hydrogens is 261 g/mol. The Morgan fingerprint density at radius 2 is 2.06 bits per heavy atom. The van der Waals surface area contributed by atoms with Crippen LogP contribution in [0.2, 0.25) is 10.2 Å². The molecule has 0 aliphatic carbocycles. The predicted molar refractivity (Wildman–Crippen MR) is 67.5 cm³/mol. The van der Waals surface area contributed by atoms with Crippen molar-refractivity contribution in [3.05, 3.63) is 28.0 Å². The Hall–Kier alpha value is -0.350. The highest BCUT2D eigenvalue weighted by Crippen LogP contribution is 2.19. The van der Waals surface area contributed by atoms with Crippen molar-refractivity contribution in [1.29, 1.82) is 0 Å². The van der Waals surface area contributed by atoms with Gasteiger partial charge >= 0.3 is 0 Å². The molecule has 0 N–H and O–H groups in total. The maximum absolute atomic E-state index is 6.00. The fourth-order valence-electron chi connectivity index (χ4n) is 1.79. The summed E-state index contributed by atoms with van der Waals surface area (Å²) in [7, 11) is 0. The summed E-state index contributed by atoms with van der Waals surface area (Å²) in [5.74, 6) is 0.585. The van der Waals surface area contributed by atoms with Gasteiger partial charge < -0.3 is 9.47 Å². The highest BCUT2D eigenvalue weighted by atomic mass is 35.5. The molecule has 0 atom stereocenters. The number of pyridine rings is 1. The fourth-order valence-corrected chi connectivity index (χ4v) is 2.12. The Balaban J connectivity index is 1.79. The van der Waals surface area contributed by atoms with Crippen molar-refractivity contribution in [3.63, 3.8) is 0 Å². The molecule has 2 rings (SSSR count). The molecule has 2 heterocycles. The summed E-state index contributed by atoms with van der Waals surface area (Å²) in [5.41, 5.74) is 0.700. The van der Waals surface area contributed by atoms with Crippen LogP contribution >= 0.6 is 23.2 Å². The number of rotatable bonds is 4. The van der Waals surface area contributed by atoms with E-state index in [1.807, 2.05) is 0 Å². The van der Waals surface area contributed by atoms with Crippen molar-refractivity contribution < 1.29 is 9.47 Å². The minimum absolute atomic E-state index is 0.413. The van der Waals surface area contributed by atoms with Crippen molar-refractivity contribution in [3.8, 4) is 0 Å². The van der Waals surface area contributed by atoms with Crippen LogP contribution in [-0.2, 0) is 16.1 Å². The van der Waals surface area contributed by atoms with Crippen LogP contribution in [0.15, 0.2) is 12.1 Å². The second kappa shape index (κ2) is 6.55. The van der Waals surface area contributed by atoms with Gasteiger partial charge in [-0.3, -0.25) is 0 Å². The van der Waals surface area contributed by atoms with Crippen LogP contribution in [-0.4, -0.2) is 24.8 Å². The van der Waals surface area contributed by atoms with Gasteiger partial charge in [0.1, 0.15) is 5.15 Å².